The van der Waals surface area contributed by atoms with Gasteiger partial charge < -0.3 is 0 Å². The van der Waals surface area contributed by atoms with E-state index >= 15 is 0 Å². The summed E-state index contributed by atoms with van der Waals surface area (Å²) < 4.78 is 12.1. The van der Waals surface area contributed by atoms with Crippen LogP contribution in [0.5, 0.6) is 0 Å². The van der Waals surface area contributed by atoms with Crippen LogP contribution in [0.15, 0.2) is 0 Å². The van der Waals surface area contributed by atoms with Gasteiger partial charge in [0.1, 0.15) is 0 Å². The maximum atomic E-state index is 12.1. The minimum absolute atomic E-state index is 0.109. The molecule has 0 radical (unpaired) electrons. The van der Waals surface area contributed by atoms with E-state index in [1.807, 2.05) is 0 Å². The summed E-state index contributed by atoms with van der Waals surface area (Å²) in [7, 11) is 0. The third kappa shape index (κ3) is 1.58. The zero-order valence-corrected chi connectivity index (χ0v) is 5.08. The maximum absolute atomic E-state index is 12.1. The topological polar surface area (TPSA) is 24.1 Å². The van der Waals surface area contributed by atoms with Gasteiger partial charge in [-0.05, 0) is 0 Å². The first-order valence-corrected chi connectivity index (χ1v) is 2.97. The van der Waals surface area contributed by atoms with Crippen LogP contribution in [-0.4, -0.2) is 24.9 Å². The lowest BCUT2D eigenvalue weighted by Crippen LogP contribution is -2.50. The van der Waals surface area contributed by atoms with Crippen molar-refractivity contribution in [2.75, 3.05) is 13.1 Å². The fourth-order valence-electron chi connectivity index (χ4n) is 0.607. The van der Waals surface area contributed by atoms with Gasteiger partial charge in [-0.3, -0.25) is 10.6 Å². The van der Waals surface area contributed by atoms with Crippen molar-refractivity contribution >= 4 is 11.6 Å². The Morgan fingerprint density at radius 2 is 2.12 bits per heavy atom. The van der Waals surface area contributed by atoms with E-state index in [0.29, 0.717) is 13.1 Å². The lowest BCUT2D eigenvalue weighted by atomic mass is 10.4. The van der Waals surface area contributed by atoms with Crippen molar-refractivity contribution in [3.63, 3.8) is 0 Å². The standard InChI is InChI=1S/C4H8ClFN2/c5-3-1-8-4(6)2-7-3/h3-4,7-8H,1-2H2. The molecule has 48 valence electrons. The fraction of sp³-hybridized carbons (Fsp3) is 1.00. The van der Waals surface area contributed by atoms with Crippen molar-refractivity contribution in [3.05, 3.63) is 0 Å². The molecule has 4 heteroatoms. The normalized spacial score (nSPS) is 39.8. The van der Waals surface area contributed by atoms with Gasteiger partial charge >= 0.3 is 0 Å². The Balaban J connectivity index is 2.19. The van der Waals surface area contributed by atoms with Crippen LogP contribution in [0.1, 0.15) is 0 Å². The van der Waals surface area contributed by atoms with E-state index < -0.39 is 6.30 Å². The van der Waals surface area contributed by atoms with Crippen LogP contribution in [0.3, 0.4) is 0 Å². The molecule has 8 heavy (non-hydrogen) atoms. The lowest BCUT2D eigenvalue weighted by Gasteiger charge is -2.21. The van der Waals surface area contributed by atoms with Crippen molar-refractivity contribution < 1.29 is 4.39 Å². The molecule has 0 aromatic rings. The third-order valence-electron chi connectivity index (χ3n) is 1.04. The Hall–Kier alpha value is 0.140. The Bertz CT molecular complexity index is 62.4. The third-order valence-corrected chi connectivity index (χ3v) is 1.35. The molecule has 1 heterocycles. The molecule has 0 aromatic carbocycles. The highest BCUT2D eigenvalue weighted by Crippen LogP contribution is 1.96. The first kappa shape index (κ1) is 6.26. The average Bonchev–Trinajstić information content (AvgIpc) is 1.77. The predicted octanol–water partition coefficient (Wildman–Crippen LogP) is 0.0397. The Morgan fingerprint density at radius 1 is 1.38 bits per heavy atom. The summed E-state index contributed by atoms with van der Waals surface area (Å²) in [5.74, 6) is 0. The molecule has 1 aliphatic rings. The van der Waals surface area contributed by atoms with Gasteiger partial charge in [-0.25, -0.2) is 4.39 Å². The van der Waals surface area contributed by atoms with Gasteiger partial charge in [0.25, 0.3) is 0 Å². The number of rotatable bonds is 0. The highest BCUT2D eigenvalue weighted by Gasteiger charge is 2.15. The summed E-state index contributed by atoms with van der Waals surface area (Å²) in [6, 6.07) is 0. The molecule has 1 aliphatic heterocycles. The number of alkyl halides is 2. The molecule has 0 saturated carbocycles. The van der Waals surface area contributed by atoms with Crippen molar-refractivity contribution in [2.45, 2.75) is 11.8 Å². The molecule has 2 unspecified atom stereocenters. The second-order valence-corrected chi connectivity index (χ2v) is 2.28. The molecule has 1 fully saturated rings. The number of hydrogen-bond donors (Lipinski definition) is 2. The van der Waals surface area contributed by atoms with Gasteiger partial charge in [0, 0.05) is 13.1 Å². The van der Waals surface area contributed by atoms with Crippen LogP contribution in [0.25, 0.3) is 0 Å². The van der Waals surface area contributed by atoms with E-state index in [4.69, 9.17) is 11.6 Å². The monoisotopic (exact) mass is 138 g/mol. The summed E-state index contributed by atoms with van der Waals surface area (Å²) in [5.41, 5.74) is -0.109. The zero-order chi connectivity index (χ0) is 5.98. The van der Waals surface area contributed by atoms with Crippen LogP contribution in [0.4, 0.5) is 4.39 Å². The van der Waals surface area contributed by atoms with Crippen molar-refractivity contribution in [1.29, 1.82) is 0 Å². The Labute approximate surface area is 52.4 Å². The van der Waals surface area contributed by atoms with Crippen LogP contribution in [-0.2, 0) is 0 Å². The van der Waals surface area contributed by atoms with Crippen LogP contribution in [0, 0.1) is 0 Å². The summed E-state index contributed by atoms with van der Waals surface area (Å²) in [6.45, 7) is 0.816. The van der Waals surface area contributed by atoms with Crippen LogP contribution >= 0.6 is 11.6 Å². The Morgan fingerprint density at radius 3 is 2.50 bits per heavy atom. The first-order valence-electron chi connectivity index (χ1n) is 2.54. The number of hydrogen-bond acceptors (Lipinski definition) is 2. The zero-order valence-electron chi connectivity index (χ0n) is 4.32. The van der Waals surface area contributed by atoms with Crippen molar-refractivity contribution in [3.8, 4) is 0 Å². The highest BCUT2D eigenvalue weighted by molar-refractivity contribution is 6.20. The molecule has 1 saturated heterocycles. The molecular weight excluding hydrogens is 131 g/mol. The summed E-state index contributed by atoms with van der Waals surface area (Å²) in [5, 5.41) is 5.33. The Kier molecular flexibility index (Phi) is 2.05. The summed E-state index contributed by atoms with van der Waals surface area (Å²) >= 11 is 5.54. The van der Waals surface area contributed by atoms with Gasteiger partial charge in [0.2, 0.25) is 0 Å². The van der Waals surface area contributed by atoms with E-state index in [2.05, 4.69) is 10.6 Å². The average molecular weight is 139 g/mol. The van der Waals surface area contributed by atoms with Crippen molar-refractivity contribution in [2.24, 2.45) is 0 Å². The van der Waals surface area contributed by atoms with Gasteiger partial charge in [-0.2, -0.15) is 0 Å². The quantitative estimate of drug-likeness (QED) is 0.365. The van der Waals surface area contributed by atoms with Crippen LogP contribution in [0.2, 0.25) is 0 Å². The van der Waals surface area contributed by atoms with E-state index in [9.17, 15) is 4.39 Å². The van der Waals surface area contributed by atoms with Crippen molar-refractivity contribution in [1.82, 2.24) is 10.6 Å². The molecular formula is C4H8ClFN2. The predicted molar refractivity (Wildman–Crippen MR) is 30.5 cm³/mol. The van der Waals surface area contributed by atoms with E-state index in [1.165, 1.54) is 0 Å². The van der Waals surface area contributed by atoms with Gasteiger partial charge in [-0.1, -0.05) is 0 Å². The molecule has 0 spiro atoms. The van der Waals surface area contributed by atoms with Gasteiger partial charge in [0.15, 0.2) is 6.30 Å². The summed E-state index contributed by atoms with van der Waals surface area (Å²) in [6.07, 6.45) is -0.926. The highest BCUT2D eigenvalue weighted by atomic mass is 35.5. The van der Waals surface area contributed by atoms with Gasteiger partial charge in [0.05, 0.1) is 5.50 Å². The smallest absolute Gasteiger partial charge is 0.163 e. The largest absolute Gasteiger partial charge is 0.296 e. The lowest BCUT2D eigenvalue weighted by molar-refractivity contribution is 0.230. The maximum Gasteiger partial charge on any atom is 0.163 e. The molecule has 2 N–H and O–H groups in total. The molecule has 2 nitrogen and oxygen atoms in total. The minimum Gasteiger partial charge on any atom is -0.296 e. The molecule has 0 bridgehead atoms. The molecule has 1 rings (SSSR count). The molecule has 0 amide bonds. The first-order chi connectivity index (χ1) is 3.79. The van der Waals surface area contributed by atoms with E-state index in [1.54, 1.807) is 0 Å². The fourth-order valence-corrected chi connectivity index (χ4v) is 0.785. The number of halogens is 2. The second-order valence-electron chi connectivity index (χ2n) is 1.75. The minimum atomic E-state index is -0.926. The molecule has 0 aliphatic carbocycles. The van der Waals surface area contributed by atoms with E-state index in [-0.39, 0.29) is 5.50 Å². The SMILES string of the molecule is FC1CNC(Cl)CN1. The van der Waals surface area contributed by atoms with Gasteiger partial charge in [-0.15, -0.1) is 11.6 Å². The van der Waals surface area contributed by atoms with E-state index in [0.717, 1.165) is 0 Å². The summed E-state index contributed by atoms with van der Waals surface area (Å²) in [4.78, 5) is 0. The second kappa shape index (κ2) is 2.62. The molecule has 2 atom stereocenters. The number of piperazine rings is 1. The van der Waals surface area contributed by atoms with Crippen LogP contribution < -0.4 is 10.6 Å². The molecule has 0 aromatic heterocycles. The number of nitrogens with one attached hydrogen (secondary N) is 2.